The molecule has 1 N–H and O–H groups in total. The number of carbonyl (C=O) groups excluding carboxylic acids is 2. The molecule has 1 aromatic carbocycles. The van der Waals surface area contributed by atoms with E-state index in [9.17, 15) is 9.59 Å². The maximum atomic E-state index is 12.6. The van der Waals surface area contributed by atoms with E-state index in [1.807, 2.05) is 48.9 Å². The molecule has 3 rings (SSSR count). The van der Waals surface area contributed by atoms with Gasteiger partial charge in [-0.2, -0.15) is 5.10 Å². The van der Waals surface area contributed by atoms with Crippen molar-refractivity contribution in [3.8, 4) is 5.69 Å². The number of aryl methyl sites for hydroxylation is 2. The van der Waals surface area contributed by atoms with Gasteiger partial charge in [0.1, 0.15) is 6.04 Å². The number of hydrogen-bond acceptors (Lipinski definition) is 3. The average Bonchev–Trinajstić information content (AvgIpc) is 2.83. The fraction of sp³-hybridized carbons (Fsp3) is 0.421. The van der Waals surface area contributed by atoms with Crippen molar-refractivity contribution in [3.05, 3.63) is 47.3 Å². The number of amides is 2. The molecule has 1 fully saturated rings. The van der Waals surface area contributed by atoms with Gasteiger partial charge in [-0.1, -0.05) is 12.1 Å². The van der Waals surface area contributed by atoms with Crippen LogP contribution in [0.2, 0.25) is 0 Å². The molecule has 1 atom stereocenters. The number of benzene rings is 1. The van der Waals surface area contributed by atoms with Gasteiger partial charge in [0.25, 0.3) is 0 Å². The summed E-state index contributed by atoms with van der Waals surface area (Å²) in [7, 11) is 0. The lowest BCUT2D eigenvalue weighted by molar-refractivity contribution is -0.138. The van der Waals surface area contributed by atoms with Crippen molar-refractivity contribution in [1.82, 2.24) is 20.0 Å². The Bertz CT molecular complexity index is 779. The van der Waals surface area contributed by atoms with Crippen LogP contribution in [0.5, 0.6) is 0 Å². The standard InChI is InChI=1S/C19H24N4O2/c1-13-11-14(2)23(21-13)17-7-5-16(6-8-17)12-18(24)22-10-4-9-20-19(25)15(22)3/h5-8,11,15H,4,9-10,12H2,1-3H3,(H,20,25)/t15-/m0/s1. The Kier molecular flexibility index (Phi) is 4.88. The smallest absolute Gasteiger partial charge is 0.242 e. The van der Waals surface area contributed by atoms with Crippen molar-refractivity contribution in [2.24, 2.45) is 0 Å². The van der Waals surface area contributed by atoms with E-state index in [0.29, 0.717) is 19.5 Å². The lowest BCUT2D eigenvalue weighted by atomic mass is 10.1. The van der Waals surface area contributed by atoms with Crippen LogP contribution in [-0.4, -0.2) is 45.6 Å². The van der Waals surface area contributed by atoms with Crippen LogP contribution in [0.1, 0.15) is 30.3 Å². The maximum absolute atomic E-state index is 12.6. The molecule has 1 aliphatic heterocycles. The zero-order chi connectivity index (χ0) is 18.0. The highest BCUT2D eigenvalue weighted by Gasteiger charge is 2.27. The third-order valence-corrected chi connectivity index (χ3v) is 4.59. The van der Waals surface area contributed by atoms with E-state index in [1.165, 1.54) is 0 Å². The molecule has 2 amide bonds. The summed E-state index contributed by atoms with van der Waals surface area (Å²) in [4.78, 5) is 26.2. The summed E-state index contributed by atoms with van der Waals surface area (Å²) in [5.41, 5.74) is 3.97. The Morgan fingerprint density at radius 3 is 2.64 bits per heavy atom. The topological polar surface area (TPSA) is 67.2 Å². The second kappa shape index (κ2) is 7.09. The lowest BCUT2D eigenvalue weighted by Crippen LogP contribution is -2.45. The van der Waals surface area contributed by atoms with Gasteiger partial charge in [-0.25, -0.2) is 4.68 Å². The van der Waals surface area contributed by atoms with Crippen molar-refractivity contribution in [2.75, 3.05) is 13.1 Å². The summed E-state index contributed by atoms with van der Waals surface area (Å²) < 4.78 is 1.89. The summed E-state index contributed by atoms with van der Waals surface area (Å²) in [5.74, 6) is -0.0888. The van der Waals surface area contributed by atoms with Crippen LogP contribution in [-0.2, 0) is 16.0 Å². The van der Waals surface area contributed by atoms with Gasteiger partial charge >= 0.3 is 0 Å². The van der Waals surface area contributed by atoms with Crippen LogP contribution in [0.25, 0.3) is 5.69 Å². The highest BCUT2D eigenvalue weighted by Crippen LogP contribution is 2.15. The first kappa shape index (κ1) is 17.2. The molecule has 0 radical (unpaired) electrons. The molecule has 0 spiro atoms. The van der Waals surface area contributed by atoms with E-state index in [-0.39, 0.29) is 11.8 Å². The van der Waals surface area contributed by atoms with Gasteiger partial charge in [0.05, 0.1) is 17.8 Å². The molecular weight excluding hydrogens is 316 g/mol. The quantitative estimate of drug-likeness (QED) is 0.926. The van der Waals surface area contributed by atoms with Crippen molar-refractivity contribution in [1.29, 1.82) is 0 Å². The molecule has 132 valence electrons. The highest BCUT2D eigenvalue weighted by atomic mass is 16.2. The monoisotopic (exact) mass is 340 g/mol. The second-order valence-electron chi connectivity index (χ2n) is 6.59. The molecule has 25 heavy (non-hydrogen) atoms. The summed E-state index contributed by atoms with van der Waals surface area (Å²) in [6.45, 7) is 7.01. The summed E-state index contributed by atoms with van der Waals surface area (Å²) in [6.07, 6.45) is 1.09. The zero-order valence-electron chi connectivity index (χ0n) is 15.0. The van der Waals surface area contributed by atoms with Crippen LogP contribution in [0, 0.1) is 13.8 Å². The van der Waals surface area contributed by atoms with Crippen molar-refractivity contribution < 1.29 is 9.59 Å². The molecule has 6 nitrogen and oxygen atoms in total. The predicted molar refractivity (Wildman–Crippen MR) is 95.5 cm³/mol. The molecule has 0 unspecified atom stereocenters. The largest absolute Gasteiger partial charge is 0.354 e. The Labute approximate surface area is 147 Å². The molecule has 0 aliphatic carbocycles. The van der Waals surface area contributed by atoms with Crippen LogP contribution in [0.3, 0.4) is 0 Å². The fourth-order valence-electron chi connectivity index (χ4n) is 3.21. The van der Waals surface area contributed by atoms with Gasteiger partial charge < -0.3 is 10.2 Å². The van der Waals surface area contributed by atoms with Crippen LogP contribution >= 0.6 is 0 Å². The number of aromatic nitrogens is 2. The number of carbonyl (C=O) groups is 2. The predicted octanol–water partition coefficient (Wildman–Crippen LogP) is 1.77. The lowest BCUT2D eigenvalue weighted by Gasteiger charge is -2.25. The molecule has 1 aliphatic rings. The minimum Gasteiger partial charge on any atom is -0.354 e. The number of hydrogen-bond donors (Lipinski definition) is 1. The molecule has 2 aromatic rings. The van der Waals surface area contributed by atoms with Gasteiger partial charge in [0.2, 0.25) is 11.8 Å². The van der Waals surface area contributed by atoms with E-state index in [1.54, 1.807) is 11.8 Å². The summed E-state index contributed by atoms with van der Waals surface area (Å²) >= 11 is 0. The zero-order valence-corrected chi connectivity index (χ0v) is 15.0. The molecule has 1 saturated heterocycles. The number of nitrogens with zero attached hydrogens (tertiary/aromatic N) is 3. The van der Waals surface area contributed by atoms with Crippen molar-refractivity contribution in [3.63, 3.8) is 0 Å². The van der Waals surface area contributed by atoms with Gasteiger partial charge in [-0.3, -0.25) is 9.59 Å². The first-order valence-electron chi connectivity index (χ1n) is 8.65. The Balaban J connectivity index is 1.71. The number of nitrogens with one attached hydrogen (secondary N) is 1. The molecule has 2 heterocycles. The Hall–Kier alpha value is -2.63. The summed E-state index contributed by atoms with van der Waals surface area (Å²) in [5, 5.41) is 7.30. The second-order valence-corrected chi connectivity index (χ2v) is 6.59. The van der Waals surface area contributed by atoms with Crippen LogP contribution in [0.15, 0.2) is 30.3 Å². The van der Waals surface area contributed by atoms with E-state index in [2.05, 4.69) is 10.4 Å². The van der Waals surface area contributed by atoms with Crippen LogP contribution in [0.4, 0.5) is 0 Å². The molecular formula is C19H24N4O2. The van der Waals surface area contributed by atoms with Gasteiger partial charge in [0, 0.05) is 18.8 Å². The molecule has 6 heteroatoms. The van der Waals surface area contributed by atoms with Crippen molar-refractivity contribution >= 4 is 11.8 Å². The van der Waals surface area contributed by atoms with E-state index >= 15 is 0 Å². The molecule has 0 saturated carbocycles. The van der Waals surface area contributed by atoms with Crippen molar-refractivity contribution in [2.45, 2.75) is 39.7 Å². The third-order valence-electron chi connectivity index (χ3n) is 4.59. The first-order valence-corrected chi connectivity index (χ1v) is 8.65. The van der Waals surface area contributed by atoms with Gasteiger partial charge in [-0.05, 0) is 51.0 Å². The first-order chi connectivity index (χ1) is 12.0. The third kappa shape index (κ3) is 3.73. The van der Waals surface area contributed by atoms with E-state index in [0.717, 1.165) is 29.1 Å². The number of rotatable bonds is 3. The Morgan fingerprint density at radius 2 is 2.00 bits per heavy atom. The van der Waals surface area contributed by atoms with Gasteiger partial charge in [0.15, 0.2) is 0 Å². The fourth-order valence-corrected chi connectivity index (χ4v) is 3.21. The van der Waals surface area contributed by atoms with Gasteiger partial charge in [-0.15, -0.1) is 0 Å². The highest BCUT2D eigenvalue weighted by molar-refractivity contribution is 5.88. The molecule has 0 bridgehead atoms. The minimum absolute atomic E-state index is 0.0107. The summed E-state index contributed by atoms with van der Waals surface area (Å²) in [6, 6.07) is 9.46. The molecule has 1 aromatic heterocycles. The SMILES string of the molecule is Cc1cc(C)n(-c2ccc(CC(=O)N3CCCNC(=O)[C@@H]3C)cc2)n1. The van der Waals surface area contributed by atoms with Crippen LogP contribution < -0.4 is 5.32 Å². The maximum Gasteiger partial charge on any atom is 0.242 e. The minimum atomic E-state index is -0.413. The average molecular weight is 340 g/mol. The van der Waals surface area contributed by atoms with E-state index < -0.39 is 6.04 Å². The Morgan fingerprint density at radius 1 is 1.28 bits per heavy atom. The van der Waals surface area contributed by atoms with E-state index in [4.69, 9.17) is 0 Å². The normalized spacial score (nSPS) is 18.0.